The molecule has 0 amide bonds. The van der Waals surface area contributed by atoms with E-state index in [2.05, 4.69) is 19.2 Å². The summed E-state index contributed by atoms with van der Waals surface area (Å²) in [5.74, 6) is 2.00. The van der Waals surface area contributed by atoms with Crippen molar-refractivity contribution in [3.8, 4) is 0 Å². The summed E-state index contributed by atoms with van der Waals surface area (Å²) in [7, 11) is 0. The molecule has 2 nitrogen and oxygen atoms in total. The van der Waals surface area contributed by atoms with Crippen LogP contribution in [0.15, 0.2) is 22.8 Å². The van der Waals surface area contributed by atoms with E-state index in [9.17, 15) is 0 Å². The third-order valence-electron chi connectivity index (χ3n) is 2.98. The van der Waals surface area contributed by atoms with Crippen LogP contribution in [0.4, 0.5) is 0 Å². The first kappa shape index (κ1) is 9.78. The van der Waals surface area contributed by atoms with E-state index in [1.807, 2.05) is 12.1 Å². The average molecular weight is 193 g/mol. The normalized spacial score (nSPS) is 28.4. The molecule has 78 valence electrons. The zero-order valence-electron chi connectivity index (χ0n) is 8.99. The van der Waals surface area contributed by atoms with Crippen LogP contribution in [-0.2, 0) is 6.42 Å². The predicted molar refractivity (Wildman–Crippen MR) is 57.2 cm³/mol. The SMILES string of the molecule is CC1CC(NC(C)Cc2ccco2)C1. The van der Waals surface area contributed by atoms with Crippen LogP contribution in [0.2, 0.25) is 0 Å². The molecule has 0 bridgehead atoms. The van der Waals surface area contributed by atoms with E-state index in [0.717, 1.165) is 24.1 Å². The Bertz CT molecular complexity index is 262. The Hall–Kier alpha value is -0.760. The molecule has 1 heterocycles. The second-order valence-electron chi connectivity index (χ2n) is 4.62. The molecule has 1 fully saturated rings. The van der Waals surface area contributed by atoms with Crippen molar-refractivity contribution in [2.75, 3.05) is 0 Å². The summed E-state index contributed by atoms with van der Waals surface area (Å²) in [5, 5.41) is 3.62. The molecule has 0 radical (unpaired) electrons. The molecule has 0 spiro atoms. The summed E-state index contributed by atoms with van der Waals surface area (Å²) in [6, 6.07) is 5.27. The summed E-state index contributed by atoms with van der Waals surface area (Å²) >= 11 is 0. The first-order valence-electron chi connectivity index (χ1n) is 5.52. The van der Waals surface area contributed by atoms with Gasteiger partial charge in [-0.25, -0.2) is 0 Å². The summed E-state index contributed by atoms with van der Waals surface area (Å²) in [5.41, 5.74) is 0. The molecular weight excluding hydrogens is 174 g/mol. The zero-order valence-corrected chi connectivity index (χ0v) is 8.99. The highest BCUT2D eigenvalue weighted by Gasteiger charge is 2.26. The minimum absolute atomic E-state index is 0.527. The highest BCUT2D eigenvalue weighted by molar-refractivity contribution is 5.00. The lowest BCUT2D eigenvalue weighted by Crippen LogP contribution is -2.45. The van der Waals surface area contributed by atoms with E-state index in [1.165, 1.54) is 12.8 Å². The molecule has 1 atom stereocenters. The van der Waals surface area contributed by atoms with Crippen LogP contribution < -0.4 is 5.32 Å². The summed E-state index contributed by atoms with van der Waals surface area (Å²) in [6.07, 6.45) is 5.41. The van der Waals surface area contributed by atoms with Crippen LogP contribution in [0.1, 0.15) is 32.4 Å². The molecule has 0 aromatic carbocycles. The zero-order chi connectivity index (χ0) is 9.97. The Kier molecular flexibility index (Phi) is 2.92. The van der Waals surface area contributed by atoms with E-state index in [4.69, 9.17) is 4.42 Å². The average Bonchev–Trinajstić information content (AvgIpc) is 2.54. The van der Waals surface area contributed by atoms with Crippen LogP contribution in [0.5, 0.6) is 0 Å². The Labute approximate surface area is 85.7 Å². The van der Waals surface area contributed by atoms with Gasteiger partial charge in [0.1, 0.15) is 5.76 Å². The maximum Gasteiger partial charge on any atom is 0.105 e. The quantitative estimate of drug-likeness (QED) is 0.795. The number of hydrogen-bond donors (Lipinski definition) is 1. The van der Waals surface area contributed by atoms with E-state index in [-0.39, 0.29) is 0 Å². The van der Waals surface area contributed by atoms with Crippen molar-refractivity contribution >= 4 is 0 Å². The third kappa shape index (κ3) is 2.38. The van der Waals surface area contributed by atoms with Gasteiger partial charge in [0.2, 0.25) is 0 Å². The molecule has 0 saturated heterocycles. The summed E-state index contributed by atoms with van der Waals surface area (Å²) < 4.78 is 5.32. The maximum absolute atomic E-state index is 5.32. The topological polar surface area (TPSA) is 25.2 Å². The van der Waals surface area contributed by atoms with Gasteiger partial charge in [0.15, 0.2) is 0 Å². The Morgan fingerprint density at radius 1 is 1.57 bits per heavy atom. The summed E-state index contributed by atoms with van der Waals surface area (Å²) in [4.78, 5) is 0. The lowest BCUT2D eigenvalue weighted by molar-refractivity contribution is 0.223. The second-order valence-corrected chi connectivity index (χ2v) is 4.62. The van der Waals surface area contributed by atoms with Crippen LogP contribution in [0.25, 0.3) is 0 Å². The molecule has 1 N–H and O–H groups in total. The fraction of sp³-hybridized carbons (Fsp3) is 0.667. The molecule has 1 unspecified atom stereocenters. The standard InChI is InChI=1S/C12H19NO/c1-9-6-11(7-9)13-10(2)8-12-4-3-5-14-12/h3-5,9-11,13H,6-8H2,1-2H3. The van der Waals surface area contributed by atoms with Crippen molar-refractivity contribution in [1.29, 1.82) is 0 Å². The van der Waals surface area contributed by atoms with Gasteiger partial charge in [-0.2, -0.15) is 0 Å². The van der Waals surface area contributed by atoms with Gasteiger partial charge in [0, 0.05) is 18.5 Å². The Morgan fingerprint density at radius 2 is 2.36 bits per heavy atom. The summed E-state index contributed by atoms with van der Waals surface area (Å²) in [6.45, 7) is 4.54. The predicted octanol–water partition coefficient (Wildman–Crippen LogP) is 2.60. The minimum Gasteiger partial charge on any atom is -0.469 e. The second kappa shape index (κ2) is 4.18. The van der Waals surface area contributed by atoms with Crippen LogP contribution >= 0.6 is 0 Å². The van der Waals surface area contributed by atoms with Gasteiger partial charge in [0.25, 0.3) is 0 Å². The van der Waals surface area contributed by atoms with Crippen molar-refractivity contribution in [3.05, 3.63) is 24.2 Å². The molecule has 1 aromatic heterocycles. The molecule has 1 saturated carbocycles. The van der Waals surface area contributed by atoms with Crippen molar-refractivity contribution in [2.24, 2.45) is 5.92 Å². The monoisotopic (exact) mass is 193 g/mol. The molecule has 2 rings (SSSR count). The van der Waals surface area contributed by atoms with Gasteiger partial charge in [-0.1, -0.05) is 6.92 Å². The lowest BCUT2D eigenvalue weighted by Gasteiger charge is -2.35. The Morgan fingerprint density at radius 3 is 2.93 bits per heavy atom. The molecule has 1 aromatic rings. The molecule has 0 aliphatic heterocycles. The van der Waals surface area contributed by atoms with E-state index in [0.29, 0.717) is 6.04 Å². The smallest absolute Gasteiger partial charge is 0.105 e. The minimum atomic E-state index is 0.527. The van der Waals surface area contributed by atoms with Crippen LogP contribution in [0, 0.1) is 5.92 Å². The third-order valence-corrected chi connectivity index (χ3v) is 2.98. The van der Waals surface area contributed by atoms with Crippen molar-refractivity contribution in [1.82, 2.24) is 5.32 Å². The van der Waals surface area contributed by atoms with Gasteiger partial charge >= 0.3 is 0 Å². The van der Waals surface area contributed by atoms with E-state index in [1.54, 1.807) is 6.26 Å². The van der Waals surface area contributed by atoms with Crippen molar-refractivity contribution < 1.29 is 4.42 Å². The van der Waals surface area contributed by atoms with Gasteiger partial charge < -0.3 is 9.73 Å². The Balaban J connectivity index is 1.71. The van der Waals surface area contributed by atoms with Crippen molar-refractivity contribution in [3.63, 3.8) is 0 Å². The van der Waals surface area contributed by atoms with Crippen molar-refractivity contribution in [2.45, 2.75) is 45.2 Å². The largest absolute Gasteiger partial charge is 0.469 e. The van der Waals surface area contributed by atoms with E-state index < -0.39 is 0 Å². The first-order chi connectivity index (χ1) is 6.74. The van der Waals surface area contributed by atoms with Crippen LogP contribution in [0.3, 0.4) is 0 Å². The van der Waals surface area contributed by atoms with E-state index >= 15 is 0 Å². The molecule has 1 aliphatic rings. The maximum atomic E-state index is 5.32. The lowest BCUT2D eigenvalue weighted by atomic mass is 9.81. The number of furan rings is 1. The molecule has 14 heavy (non-hydrogen) atoms. The van der Waals surface area contributed by atoms with Crippen LogP contribution in [-0.4, -0.2) is 12.1 Å². The molecule has 2 heteroatoms. The first-order valence-corrected chi connectivity index (χ1v) is 5.52. The number of hydrogen-bond acceptors (Lipinski definition) is 2. The van der Waals surface area contributed by atoms with Gasteiger partial charge in [-0.15, -0.1) is 0 Å². The fourth-order valence-corrected chi connectivity index (χ4v) is 2.23. The molecule has 1 aliphatic carbocycles. The van der Waals surface area contributed by atoms with Gasteiger partial charge in [-0.05, 0) is 37.8 Å². The highest BCUT2D eigenvalue weighted by Crippen LogP contribution is 2.26. The van der Waals surface area contributed by atoms with Gasteiger partial charge in [0.05, 0.1) is 6.26 Å². The molecular formula is C12H19NO. The van der Waals surface area contributed by atoms with Gasteiger partial charge in [-0.3, -0.25) is 0 Å². The number of nitrogens with one attached hydrogen (secondary N) is 1. The number of rotatable bonds is 4. The highest BCUT2D eigenvalue weighted by atomic mass is 16.3. The fourth-order valence-electron chi connectivity index (χ4n) is 2.23.